The van der Waals surface area contributed by atoms with Crippen LogP contribution in [0.4, 0.5) is 5.69 Å². The standard InChI is InChI=1S/C20H23NO4/c1-14(22)20-17(23)9-5-11-19(20)25-15-7-6-12-21(13-15)16-8-3-4-10-18(16)24-2/h3-5,8-11,15,23H,6-7,12-13H2,1-2H3. The van der Waals surface area contributed by atoms with Crippen LogP contribution >= 0.6 is 0 Å². The van der Waals surface area contributed by atoms with E-state index in [-0.39, 0.29) is 23.2 Å². The molecule has 1 aliphatic heterocycles. The summed E-state index contributed by atoms with van der Waals surface area (Å²) >= 11 is 0. The van der Waals surface area contributed by atoms with Gasteiger partial charge < -0.3 is 19.5 Å². The number of phenols is 1. The van der Waals surface area contributed by atoms with Crippen molar-refractivity contribution >= 4 is 11.5 Å². The first-order valence-electron chi connectivity index (χ1n) is 8.47. The molecule has 1 unspecified atom stereocenters. The van der Waals surface area contributed by atoms with Crippen molar-refractivity contribution in [1.29, 1.82) is 0 Å². The molecule has 0 aromatic heterocycles. The molecule has 0 saturated carbocycles. The van der Waals surface area contributed by atoms with Crippen molar-refractivity contribution in [2.45, 2.75) is 25.9 Å². The second kappa shape index (κ2) is 7.47. The fourth-order valence-corrected chi connectivity index (χ4v) is 3.30. The third-order valence-corrected chi connectivity index (χ3v) is 4.45. The van der Waals surface area contributed by atoms with E-state index in [1.54, 1.807) is 19.2 Å². The molecule has 1 N–H and O–H groups in total. The number of para-hydroxylation sites is 2. The average molecular weight is 341 g/mol. The summed E-state index contributed by atoms with van der Waals surface area (Å²) in [6.45, 7) is 3.07. The lowest BCUT2D eigenvalue weighted by Crippen LogP contribution is -2.41. The van der Waals surface area contributed by atoms with E-state index in [2.05, 4.69) is 4.90 Å². The van der Waals surface area contributed by atoms with Gasteiger partial charge in [-0.25, -0.2) is 0 Å². The maximum atomic E-state index is 11.8. The topological polar surface area (TPSA) is 59.0 Å². The lowest BCUT2D eigenvalue weighted by Gasteiger charge is -2.35. The van der Waals surface area contributed by atoms with Gasteiger partial charge in [0.25, 0.3) is 0 Å². The SMILES string of the molecule is COc1ccccc1N1CCCC(Oc2cccc(O)c2C(C)=O)C1. The molecule has 0 amide bonds. The smallest absolute Gasteiger partial charge is 0.167 e. The number of nitrogens with zero attached hydrogens (tertiary/aromatic N) is 1. The van der Waals surface area contributed by atoms with Gasteiger partial charge in [0, 0.05) is 6.54 Å². The van der Waals surface area contributed by atoms with Gasteiger partial charge >= 0.3 is 0 Å². The van der Waals surface area contributed by atoms with Crippen molar-refractivity contribution in [1.82, 2.24) is 0 Å². The largest absolute Gasteiger partial charge is 0.507 e. The molecule has 5 heteroatoms. The summed E-state index contributed by atoms with van der Waals surface area (Å²) in [5.41, 5.74) is 1.29. The quantitative estimate of drug-likeness (QED) is 0.841. The number of methoxy groups -OCH3 is 1. The number of hydrogen-bond donors (Lipinski definition) is 1. The van der Waals surface area contributed by atoms with E-state index in [4.69, 9.17) is 9.47 Å². The summed E-state index contributed by atoms with van der Waals surface area (Å²) in [5.74, 6) is 1.04. The number of benzene rings is 2. The highest BCUT2D eigenvalue weighted by Crippen LogP contribution is 2.33. The van der Waals surface area contributed by atoms with Gasteiger partial charge in [0.1, 0.15) is 28.9 Å². The maximum absolute atomic E-state index is 11.8. The molecule has 0 bridgehead atoms. The first-order valence-corrected chi connectivity index (χ1v) is 8.47. The second-order valence-electron chi connectivity index (χ2n) is 6.21. The van der Waals surface area contributed by atoms with Crippen LogP contribution in [0.1, 0.15) is 30.1 Å². The van der Waals surface area contributed by atoms with Gasteiger partial charge in [-0.3, -0.25) is 4.79 Å². The van der Waals surface area contributed by atoms with Gasteiger partial charge in [-0.1, -0.05) is 18.2 Å². The zero-order valence-corrected chi connectivity index (χ0v) is 14.6. The lowest BCUT2D eigenvalue weighted by molar-refractivity contribution is 0.100. The van der Waals surface area contributed by atoms with Crippen LogP contribution in [0.3, 0.4) is 0 Å². The third kappa shape index (κ3) is 3.71. The van der Waals surface area contributed by atoms with Gasteiger partial charge in [-0.15, -0.1) is 0 Å². The normalized spacial score (nSPS) is 17.2. The predicted octanol–water partition coefficient (Wildman–Crippen LogP) is 3.65. The average Bonchev–Trinajstić information content (AvgIpc) is 2.61. The number of Topliss-reactive ketones (excluding diaryl/α,β-unsaturated/α-hetero) is 1. The number of carbonyl (C=O) groups excluding carboxylic acids is 1. The van der Waals surface area contributed by atoms with Gasteiger partial charge in [-0.2, -0.15) is 0 Å². The molecule has 1 saturated heterocycles. The Balaban J connectivity index is 1.79. The minimum atomic E-state index is -0.203. The van der Waals surface area contributed by atoms with Crippen LogP contribution in [0.15, 0.2) is 42.5 Å². The molecule has 5 nitrogen and oxygen atoms in total. The Bertz CT molecular complexity index is 759. The van der Waals surface area contributed by atoms with Gasteiger partial charge in [0.05, 0.1) is 19.3 Å². The molecule has 132 valence electrons. The van der Waals surface area contributed by atoms with Crippen LogP contribution in [0.5, 0.6) is 17.2 Å². The van der Waals surface area contributed by atoms with Crippen LogP contribution in [0.2, 0.25) is 0 Å². The highest BCUT2D eigenvalue weighted by atomic mass is 16.5. The van der Waals surface area contributed by atoms with Crippen molar-refractivity contribution in [3.05, 3.63) is 48.0 Å². The maximum Gasteiger partial charge on any atom is 0.167 e. The van der Waals surface area contributed by atoms with E-state index in [0.29, 0.717) is 12.3 Å². The van der Waals surface area contributed by atoms with Crippen molar-refractivity contribution in [3.8, 4) is 17.2 Å². The van der Waals surface area contributed by atoms with Gasteiger partial charge in [-0.05, 0) is 44.0 Å². The molecule has 2 aromatic rings. The Morgan fingerprint density at radius 1 is 1.16 bits per heavy atom. The van der Waals surface area contributed by atoms with E-state index in [9.17, 15) is 9.90 Å². The van der Waals surface area contributed by atoms with Crippen LogP contribution in [-0.4, -0.2) is 37.2 Å². The van der Waals surface area contributed by atoms with Crippen LogP contribution < -0.4 is 14.4 Å². The predicted molar refractivity (Wildman–Crippen MR) is 97.0 cm³/mol. The number of phenolic OH excluding ortho intramolecular Hbond substituents is 1. The number of piperidine rings is 1. The summed E-state index contributed by atoms with van der Waals surface area (Å²) in [4.78, 5) is 14.1. The number of ether oxygens (including phenoxy) is 2. The van der Waals surface area contributed by atoms with Crippen LogP contribution in [0.25, 0.3) is 0 Å². The molecule has 2 aromatic carbocycles. The van der Waals surface area contributed by atoms with Crippen molar-refractivity contribution in [2.75, 3.05) is 25.1 Å². The first-order chi connectivity index (χ1) is 12.1. The Morgan fingerprint density at radius 3 is 2.68 bits per heavy atom. The molecule has 0 radical (unpaired) electrons. The molecular weight excluding hydrogens is 318 g/mol. The van der Waals surface area contributed by atoms with Gasteiger partial charge in [0.15, 0.2) is 5.78 Å². The summed E-state index contributed by atoms with van der Waals surface area (Å²) in [7, 11) is 1.67. The number of aromatic hydroxyl groups is 1. The molecule has 1 fully saturated rings. The fourth-order valence-electron chi connectivity index (χ4n) is 3.30. The second-order valence-corrected chi connectivity index (χ2v) is 6.21. The molecule has 25 heavy (non-hydrogen) atoms. The van der Waals surface area contributed by atoms with E-state index in [1.807, 2.05) is 24.3 Å². The highest BCUT2D eigenvalue weighted by molar-refractivity contribution is 5.99. The Morgan fingerprint density at radius 2 is 1.92 bits per heavy atom. The summed E-state index contributed by atoms with van der Waals surface area (Å²) in [6.07, 6.45) is 1.83. The Hall–Kier alpha value is -2.69. The third-order valence-electron chi connectivity index (χ3n) is 4.45. The highest BCUT2D eigenvalue weighted by Gasteiger charge is 2.25. The van der Waals surface area contributed by atoms with Crippen LogP contribution in [0, 0.1) is 0 Å². The minimum absolute atomic E-state index is 0.0394. The lowest BCUT2D eigenvalue weighted by atomic mass is 10.1. The summed E-state index contributed by atoms with van der Waals surface area (Å²) < 4.78 is 11.5. The number of rotatable bonds is 5. The van der Waals surface area contributed by atoms with E-state index < -0.39 is 0 Å². The molecular formula is C20H23NO4. The number of anilines is 1. The fraction of sp³-hybridized carbons (Fsp3) is 0.350. The van der Waals surface area contributed by atoms with E-state index in [1.165, 1.54) is 13.0 Å². The monoisotopic (exact) mass is 341 g/mol. The molecule has 1 heterocycles. The number of ketones is 1. The van der Waals surface area contributed by atoms with E-state index in [0.717, 1.165) is 30.8 Å². The molecule has 3 rings (SSSR count). The zero-order valence-electron chi connectivity index (χ0n) is 14.6. The number of hydrogen-bond acceptors (Lipinski definition) is 5. The Labute approximate surface area is 147 Å². The van der Waals surface area contributed by atoms with Crippen molar-refractivity contribution in [2.24, 2.45) is 0 Å². The molecule has 0 aliphatic carbocycles. The van der Waals surface area contributed by atoms with Crippen molar-refractivity contribution in [3.63, 3.8) is 0 Å². The molecule has 0 spiro atoms. The number of carbonyl (C=O) groups is 1. The van der Waals surface area contributed by atoms with E-state index >= 15 is 0 Å². The summed E-state index contributed by atoms with van der Waals surface area (Å²) in [6, 6.07) is 12.9. The molecule has 1 aliphatic rings. The zero-order chi connectivity index (χ0) is 17.8. The van der Waals surface area contributed by atoms with Crippen LogP contribution in [-0.2, 0) is 0 Å². The Kier molecular flexibility index (Phi) is 5.12. The summed E-state index contributed by atoms with van der Waals surface area (Å²) in [5, 5.41) is 9.96. The van der Waals surface area contributed by atoms with Gasteiger partial charge in [0.2, 0.25) is 0 Å². The minimum Gasteiger partial charge on any atom is -0.507 e. The van der Waals surface area contributed by atoms with Crippen molar-refractivity contribution < 1.29 is 19.4 Å². The molecule has 1 atom stereocenters. The first kappa shape index (κ1) is 17.1.